The van der Waals surface area contributed by atoms with Crippen LogP contribution >= 0.6 is 0 Å². The molecule has 0 unspecified atom stereocenters. The van der Waals surface area contributed by atoms with Crippen molar-refractivity contribution in [1.82, 2.24) is 14.0 Å². The Morgan fingerprint density at radius 1 is 1.08 bits per heavy atom. The molecule has 136 valence electrons. The van der Waals surface area contributed by atoms with Gasteiger partial charge in [-0.2, -0.15) is 0 Å². The first-order valence-electron chi connectivity index (χ1n) is 8.67. The third kappa shape index (κ3) is 3.54. The summed E-state index contributed by atoms with van der Waals surface area (Å²) in [6.45, 7) is 3.16. The zero-order valence-electron chi connectivity index (χ0n) is 15.0. The van der Waals surface area contributed by atoms with Crippen LogP contribution in [0.25, 0.3) is 11.0 Å². The van der Waals surface area contributed by atoms with Crippen LogP contribution in [0.5, 0.6) is 0 Å². The summed E-state index contributed by atoms with van der Waals surface area (Å²) in [5.41, 5.74) is 2.34. The molecule has 2 aromatic carbocycles. The van der Waals surface area contributed by atoms with Crippen LogP contribution in [0.2, 0.25) is 0 Å². The average Bonchev–Trinajstić information content (AvgIpc) is 2.90. The molecule has 6 heteroatoms. The zero-order chi connectivity index (χ0) is 18.7. The summed E-state index contributed by atoms with van der Waals surface area (Å²) in [5, 5.41) is 0. The van der Waals surface area contributed by atoms with Crippen LogP contribution in [0.3, 0.4) is 0 Å². The fourth-order valence-corrected chi connectivity index (χ4v) is 3.19. The van der Waals surface area contributed by atoms with E-state index < -0.39 is 0 Å². The van der Waals surface area contributed by atoms with E-state index in [1.807, 2.05) is 31.2 Å². The summed E-state index contributed by atoms with van der Waals surface area (Å²) in [6, 6.07) is 13.8. The van der Waals surface area contributed by atoms with Gasteiger partial charge in [0.05, 0.1) is 11.0 Å². The van der Waals surface area contributed by atoms with Gasteiger partial charge in [0.1, 0.15) is 5.82 Å². The summed E-state index contributed by atoms with van der Waals surface area (Å²) in [7, 11) is 1.69. The van der Waals surface area contributed by atoms with Gasteiger partial charge in [0, 0.05) is 33.1 Å². The fraction of sp³-hybridized carbons (Fsp3) is 0.300. The maximum absolute atomic E-state index is 13.3. The molecule has 0 N–H and O–H groups in total. The molecule has 0 aliphatic heterocycles. The van der Waals surface area contributed by atoms with Crippen molar-refractivity contribution in [2.45, 2.75) is 33.0 Å². The Balaban J connectivity index is 1.73. The highest BCUT2D eigenvalue weighted by molar-refractivity contribution is 5.78. The smallest absolute Gasteiger partial charge is 0.329 e. The van der Waals surface area contributed by atoms with Gasteiger partial charge in [0.2, 0.25) is 5.91 Å². The number of para-hydroxylation sites is 2. The largest absolute Gasteiger partial charge is 0.341 e. The van der Waals surface area contributed by atoms with E-state index in [1.165, 1.54) is 12.1 Å². The van der Waals surface area contributed by atoms with Crippen LogP contribution < -0.4 is 5.69 Å². The van der Waals surface area contributed by atoms with Crippen LogP contribution in [0.1, 0.15) is 18.9 Å². The van der Waals surface area contributed by atoms with E-state index in [2.05, 4.69) is 0 Å². The molecular weight excluding hydrogens is 333 g/mol. The van der Waals surface area contributed by atoms with E-state index >= 15 is 0 Å². The molecular formula is C20H22FN3O2. The third-order valence-electron chi connectivity index (χ3n) is 4.53. The fourth-order valence-electron chi connectivity index (χ4n) is 3.19. The lowest BCUT2D eigenvalue weighted by atomic mass is 10.2. The van der Waals surface area contributed by atoms with Gasteiger partial charge in [-0.05, 0) is 36.8 Å². The summed E-state index contributed by atoms with van der Waals surface area (Å²) in [4.78, 5) is 26.6. The van der Waals surface area contributed by atoms with E-state index in [9.17, 15) is 14.0 Å². The number of aromatic nitrogens is 2. The minimum Gasteiger partial charge on any atom is -0.341 e. The zero-order valence-corrected chi connectivity index (χ0v) is 15.0. The Labute approximate surface area is 151 Å². The van der Waals surface area contributed by atoms with Gasteiger partial charge in [-0.15, -0.1) is 0 Å². The first-order chi connectivity index (χ1) is 12.5. The monoisotopic (exact) mass is 355 g/mol. The molecule has 0 bridgehead atoms. The predicted octanol–water partition coefficient (Wildman–Crippen LogP) is 3.01. The van der Waals surface area contributed by atoms with Crippen molar-refractivity contribution in [3.05, 3.63) is 70.4 Å². The number of carbonyl (C=O) groups excluding carboxylic acids is 1. The molecule has 1 amide bonds. The van der Waals surface area contributed by atoms with Crippen LogP contribution in [-0.4, -0.2) is 27.0 Å². The van der Waals surface area contributed by atoms with Crippen LogP contribution in [0.15, 0.2) is 53.3 Å². The van der Waals surface area contributed by atoms with Gasteiger partial charge in [0.15, 0.2) is 0 Å². The normalized spacial score (nSPS) is 11.0. The lowest BCUT2D eigenvalue weighted by Crippen LogP contribution is -2.29. The molecule has 26 heavy (non-hydrogen) atoms. The Bertz CT molecular complexity index is 990. The van der Waals surface area contributed by atoms with Gasteiger partial charge in [-0.25, -0.2) is 9.18 Å². The van der Waals surface area contributed by atoms with E-state index in [1.54, 1.807) is 33.2 Å². The van der Waals surface area contributed by atoms with Crippen molar-refractivity contribution in [2.75, 3.05) is 7.05 Å². The molecule has 0 spiro atoms. The van der Waals surface area contributed by atoms with Crippen molar-refractivity contribution >= 4 is 16.9 Å². The molecule has 0 atom stereocenters. The minimum absolute atomic E-state index is 0.0884. The SMILES string of the molecule is CCn1c(=O)n(CCC(=O)N(C)Cc2cccc(F)c2)c2ccccc21. The summed E-state index contributed by atoms with van der Waals surface area (Å²) >= 11 is 0. The highest BCUT2D eigenvalue weighted by Crippen LogP contribution is 2.14. The predicted molar refractivity (Wildman–Crippen MR) is 99.4 cm³/mol. The molecule has 0 aliphatic rings. The van der Waals surface area contributed by atoms with E-state index in [0.29, 0.717) is 19.6 Å². The molecule has 0 radical (unpaired) electrons. The Hall–Kier alpha value is -2.89. The molecule has 3 aromatic rings. The van der Waals surface area contributed by atoms with Crippen molar-refractivity contribution in [2.24, 2.45) is 0 Å². The second kappa shape index (κ2) is 7.56. The first-order valence-corrected chi connectivity index (χ1v) is 8.67. The van der Waals surface area contributed by atoms with Crippen molar-refractivity contribution < 1.29 is 9.18 Å². The molecule has 3 rings (SSSR count). The summed E-state index contributed by atoms with van der Waals surface area (Å²) < 4.78 is 16.6. The summed E-state index contributed by atoms with van der Waals surface area (Å²) in [6.07, 6.45) is 0.212. The van der Waals surface area contributed by atoms with E-state index in [4.69, 9.17) is 0 Å². The van der Waals surface area contributed by atoms with Crippen LogP contribution in [0, 0.1) is 5.82 Å². The van der Waals surface area contributed by atoms with Crippen molar-refractivity contribution in [3.8, 4) is 0 Å². The number of rotatable bonds is 6. The number of hydrogen-bond donors (Lipinski definition) is 0. The number of amides is 1. The van der Waals surface area contributed by atoms with Crippen LogP contribution in [0.4, 0.5) is 4.39 Å². The molecule has 1 aromatic heterocycles. The number of fused-ring (bicyclic) bond motifs is 1. The van der Waals surface area contributed by atoms with Crippen LogP contribution in [-0.2, 0) is 24.4 Å². The Morgan fingerprint density at radius 2 is 1.77 bits per heavy atom. The highest BCUT2D eigenvalue weighted by atomic mass is 19.1. The van der Waals surface area contributed by atoms with Gasteiger partial charge >= 0.3 is 5.69 Å². The second-order valence-electron chi connectivity index (χ2n) is 6.30. The third-order valence-corrected chi connectivity index (χ3v) is 4.53. The lowest BCUT2D eigenvalue weighted by molar-refractivity contribution is -0.130. The van der Waals surface area contributed by atoms with Gasteiger partial charge in [-0.3, -0.25) is 13.9 Å². The maximum Gasteiger partial charge on any atom is 0.329 e. The Kier molecular flexibility index (Phi) is 5.21. The average molecular weight is 355 g/mol. The van der Waals surface area contributed by atoms with E-state index in [0.717, 1.165) is 16.6 Å². The number of nitrogens with zero attached hydrogens (tertiary/aromatic N) is 3. The summed E-state index contributed by atoms with van der Waals surface area (Å²) in [5.74, 6) is -0.406. The van der Waals surface area contributed by atoms with E-state index in [-0.39, 0.29) is 23.8 Å². The number of imidazole rings is 1. The number of carbonyl (C=O) groups is 1. The lowest BCUT2D eigenvalue weighted by Gasteiger charge is -2.17. The number of hydrogen-bond acceptors (Lipinski definition) is 2. The standard InChI is InChI=1S/C20H22FN3O2/c1-3-23-17-9-4-5-10-18(17)24(20(23)26)12-11-19(25)22(2)14-15-7-6-8-16(21)13-15/h4-10,13H,3,11-12,14H2,1-2H3. The molecule has 0 aliphatic carbocycles. The molecule has 0 fully saturated rings. The first kappa shape index (κ1) is 17.9. The molecule has 1 heterocycles. The highest BCUT2D eigenvalue weighted by Gasteiger charge is 2.15. The van der Waals surface area contributed by atoms with Gasteiger partial charge in [0.25, 0.3) is 0 Å². The molecule has 0 saturated carbocycles. The molecule has 0 saturated heterocycles. The minimum atomic E-state index is -0.317. The molecule has 5 nitrogen and oxygen atoms in total. The van der Waals surface area contributed by atoms with Gasteiger partial charge in [-0.1, -0.05) is 24.3 Å². The number of aryl methyl sites for hydroxylation is 2. The number of benzene rings is 2. The quantitative estimate of drug-likeness (QED) is 0.682. The topological polar surface area (TPSA) is 47.2 Å². The second-order valence-corrected chi connectivity index (χ2v) is 6.30. The van der Waals surface area contributed by atoms with Gasteiger partial charge < -0.3 is 4.90 Å². The van der Waals surface area contributed by atoms with Crippen molar-refractivity contribution in [1.29, 1.82) is 0 Å². The Morgan fingerprint density at radius 3 is 2.42 bits per heavy atom. The van der Waals surface area contributed by atoms with Crippen molar-refractivity contribution in [3.63, 3.8) is 0 Å². The maximum atomic E-state index is 13.3. The number of halogens is 1.